The van der Waals surface area contributed by atoms with Crippen LogP contribution in [0.25, 0.3) is 0 Å². The van der Waals surface area contributed by atoms with Gasteiger partial charge in [-0.15, -0.1) is 12.4 Å². The summed E-state index contributed by atoms with van der Waals surface area (Å²) in [5, 5.41) is 6.54. The monoisotopic (exact) mass is 358 g/mol. The van der Waals surface area contributed by atoms with Gasteiger partial charge < -0.3 is 10.6 Å². The summed E-state index contributed by atoms with van der Waals surface area (Å²) in [4.78, 5) is 12.3. The zero-order valence-corrected chi connectivity index (χ0v) is 13.7. The molecule has 1 unspecified atom stereocenters. The molecule has 1 heterocycles. The second-order valence-electron chi connectivity index (χ2n) is 5.43. The van der Waals surface area contributed by atoms with Crippen molar-refractivity contribution in [1.82, 2.24) is 10.6 Å². The molecule has 1 aliphatic heterocycles. The number of nitrogens with one attached hydrogen (secondary N) is 2. The highest BCUT2D eigenvalue weighted by Gasteiger charge is 2.28. The Balaban J connectivity index is 0.00000147. The smallest absolute Gasteiger partial charge is 0.223 e. The van der Waals surface area contributed by atoms with Crippen LogP contribution < -0.4 is 10.6 Å². The Hall–Kier alpha value is -0.580. The lowest BCUT2D eigenvalue weighted by atomic mass is 9.96. The van der Waals surface area contributed by atoms with Crippen molar-refractivity contribution >= 4 is 34.2 Å². The van der Waals surface area contributed by atoms with Crippen molar-refractivity contribution in [1.29, 1.82) is 0 Å². The van der Waals surface area contributed by atoms with Crippen molar-refractivity contribution in [2.75, 3.05) is 13.1 Å². The molecule has 1 aromatic rings. The highest BCUT2D eigenvalue weighted by atomic mass is 79.9. The van der Waals surface area contributed by atoms with Crippen LogP contribution in [0.2, 0.25) is 0 Å². The lowest BCUT2D eigenvalue weighted by Crippen LogP contribution is -2.39. The van der Waals surface area contributed by atoms with Crippen LogP contribution in [0.4, 0.5) is 0 Å². The zero-order chi connectivity index (χ0) is 13.2. The van der Waals surface area contributed by atoms with E-state index in [9.17, 15) is 4.79 Å². The van der Waals surface area contributed by atoms with Gasteiger partial charge in [-0.1, -0.05) is 28.1 Å². The van der Waals surface area contributed by atoms with E-state index in [2.05, 4.69) is 44.8 Å². The average Bonchev–Trinajstić information content (AvgIpc) is 2.84. The van der Waals surface area contributed by atoms with Crippen LogP contribution >= 0.6 is 28.3 Å². The molecule has 1 amide bonds. The van der Waals surface area contributed by atoms with Crippen LogP contribution in [0.5, 0.6) is 0 Å². The molecule has 3 rings (SSSR count). The molecule has 3 nitrogen and oxygen atoms in total. The summed E-state index contributed by atoms with van der Waals surface area (Å²) in [7, 11) is 0. The molecule has 0 bridgehead atoms. The number of halogens is 2. The van der Waals surface area contributed by atoms with Crippen molar-refractivity contribution < 1.29 is 4.79 Å². The Morgan fingerprint density at radius 1 is 1.25 bits per heavy atom. The highest BCUT2D eigenvalue weighted by Crippen LogP contribution is 2.35. The maximum atomic E-state index is 12.3. The van der Waals surface area contributed by atoms with Crippen LogP contribution in [0, 0.1) is 5.92 Å². The van der Waals surface area contributed by atoms with Gasteiger partial charge in [0.05, 0.1) is 6.04 Å². The first-order chi connectivity index (χ1) is 9.25. The fourth-order valence-corrected chi connectivity index (χ4v) is 3.71. The lowest BCUT2D eigenvalue weighted by molar-refractivity contribution is -0.126. The fourth-order valence-electron chi connectivity index (χ4n) is 3.13. The van der Waals surface area contributed by atoms with E-state index in [0.29, 0.717) is 0 Å². The van der Waals surface area contributed by atoms with Crippen molar-refractivity contribution in [3.05, 3.63) is 33.8 Å². The van der Waals surface area contributed by atoms with E-state index in [-0.39, 0.29) is 30.3 Å². The summed E-state index contributed by atoms with van der Waals surface area (Å²) in [5.41, 5.74) is 2.65. The van der Waals surface area contributed by atoms with E-state index in [0.717, 1.165) is 38.8 Å². The van der Waals surface area contributed by atoms with Crippen molar-refractivity contribution in [3.63, 3.8) is 0 Å². The molecule has 110 valence electrons. The van der Waals surface area contributed by atoms with Crippen LogP contribution in [-0.2, 0) is 11.2 Å². The maximum absolute atomic E-state index is 12.3. The highest BCUT2D eigenvalue weighted by molar-refractivity contribution is 9.10. The third-order valence-electron chi connectivity index (χ3n) is 4.24. The SMILES string of the molecule is Cl.O=C(NC1CCc2c(Br)cccc21)C1CCNCC1. The Morgan fingerprint density at radius 2 is 2.00 bits per heavy atom. The quantitative estimate of drug-likeness (QED) is 0.852. The molecule has 0 spiro atoms. The van der Waals surface area contributed by atoms with E-state index in [4.69, 9.17) is 0 Å². The number of carbonyl (C=O) groups is 1. The number of piperidine rings is 1. The Labute approximate surface area is 134 Å². The minimum atomic E-state index is 0. The van der Waals surface area contributed by atoms with Crippen LogP contribution in [0.1, 0.15) is 36.4 Å². The fraction of sp³-hybridized carbons (Fsp3) is 0.533. The summed E-state index contributed by atoms with van der Waals surface area (Å²) in [6.07, 6.45) is 4.00. The molecular weight excluding hydrogens is 340 g/mol. The number of benzene rings is 1. The summed E-state index contributed by atoms with van der Waals surface area (Å²) in [6.45, 7) is 1.93. The van der Waals surface area contributed by atoms with E-state index >= 15 is 0 Å². The Bertz CT molecular complexity index is 489. The molecule has 1 fully saturated rings. The number of hydrogen-bond acceptors (Lipinski definition) is 2. The van der Waals surface area contributed by atoms with Gasteiger partial charge in [0.15, 0.2) is 0 Å². The van der Waals surface area contributed by atoms with Gasteiger partial charge in [0, 0.05) is 10.4 Å². The first kappa shape index (κ1) is 15.8. The number of hydrogen-bond donors (Lipinski definition) is 2. The van der Waals surface area contributed by atoms with Crippen LogP contribution in [0.15, 0.2) is 22.7 Å². The van der Waals surface area contributed by atoms with Gasteiger partial charge in [-0.2, -0.15) is 0 Å². The predicted octanol–water partition coefficient (Wildman–Crippen LogP) is 2.97. The van der Waals surface area contributed by atoms with Gasteiger partial charge in [-0.25, -0.2) is 0 Å². The third kappa shape index (κ3) is 3.18. The third-order valence-corrected chi connectivity index (χ3v) is 4.98. The molecule has 0 aromatic heterocycles. The molecule has 1 atom stereocenters. The standard InChI is InChI=1S/C15H19BrN2O.ClH/c16-13-3-1-2-12-11(13)4-5-14(12)18-15(19)10-6-8-17-9-7-10;/h1-3,10,14,17H,4-9H2,(H,18,19);1H. The van der Waals surface area contributed by atoms with Gasteiger partial charge >= 0.3 is 0 Å². The van der Waals surface area contributed by atoms with E-state index in [1.807, 2.05) is 0 Å². The molecule has 1 aromatic carbocycles. The average molecular weight is 360 g/mol. The first-order valence-corrected chi connectivity index (χ1v) is 7.83. The van der Waals surface area contributed by atoms with E-state index in [1.165, 1.54) is 15.6 Å². The first-order valence-electron chi connectivity index (χ1n) is 7.04. The maximum Gasteiger partial charge on any atom is 0.223 e. The van der Waals surface area contributed by atoms with Crippen molar-refractivity contribution in [2.45, 2.75) is 31.7 Å². The molecule has 1 saturated heterocycles. The number of fused-ring (bicyclic) bond motifs is 1. The minimum Gasteiger partial charge on any atom is -0.349 e. The van der Waals surface area contributed by atoms with E-state index in [1.54, 1.807) is 0 Å². The lowest BCUT2D eigenvalue weighted by Gasteiger charge is -2.24. The molecule has 5 heteroatoms. The molecule has 1 aliphatic carbocycles. The molecular formula is C15H20BrClN2O. The van der Waals surface area contributed by atoms with Gasteiger partial charge in [-0.05, 0) is 56.0 Å². The summed E-state index contributed by atoms with van der Waals surface area (Å²) in [5.74, 6) is 0.428. The number of carbonyl (C=O) groups excluding carboxylic acids is 1. The molecule has 0 saturated carbocycles. The summed E-state index contributed by atoms with van der Waals surface area (Å²) < 4.78 is 1.17. The Kier molecular flexibility index (Phi) is 5.47. The molecule has 2 aliphatic rings. The number of rotatable bonds is 2. The van der Waals surface area contributed by atoms with Gasteiger partial charge in [0.25, 0.3) is 0 Å². The second kappa shape index (κ2) is 6.92. The molecule has 0 radical (unpaired) electrons. The molecule has 20 heavy (non-hydrogen) atoms. The van der Waals surface area contributed by atoms with Gasteiger partial charge in [0.1, 0.15) is 0 Å². The van der Waals surface area contributed by atoms with Crippen LogP contribution in [0.3, 0.4) is 0 Å². The second-order valence-corrected chi connectivity index (χ2v) is 6.29. The van der Waals surface area contributed by atoms with Gasteiger partial charge in [0.2, 0.25) is 5.91 Å². The van der Waals surface area contributed by atoms with Crippen molar-refractivity contribution in [3.8, 4) is 0 Å². The minimum absolute atomic E-state index is 0. The van der Waals surface area contributed by atoms with Crippen LogP contribution in [-0.4, -0.2) is 19.0 Å². The molecule has 2 N–H and O–H groups in total. The Morgan fingerprint density at radius 3 is 2.75 bits per heavy atom. The van der Waals surface area contributed by atoms with Gasteiger partial charge in [-0.3, -0.25) is 4.79 Å². The zero-order valence-electron chi connectivity index (χ0n) is 11.3. The summed E-state index contributed by atoms with van der Waals surface area (Å²) >= 11 is 3.60. The summed E-state index contributed by atoms with van der Waals surface area (Å²) in [6, 6.07) is 6.48. The van der Waals surface area contributed by atoms with E-state index < -0.39 is 0 Å². The largest absolute Gasteiger partial charge is 0.349 e. The topological polar surface area (TPSA) is 41.1 Å². The normalized spacial score (nSPS) is 21.9. The number of amides is 1. The van der Waals surface area contributed by atoms with Crippen molar-refractivity contribution in [2.24, 2.45) is 5.92 Å². The predicted molar refractivity (Wildman–Crippen MR) is 86.2 cm³/mol.